The van der Waals surface area contributed by atoms with Crippen molar-refractivity contribution in [1.82, 2.24) is 4.98 Å². The number of hydrogen-bond acceptors (Lipinski definition) is 6. The largest absolute Gasteiger partial charge is 0.351 e. The van der Waals surface area contributed by atoms with E-state index in [9.17, 15) is 18.0 Å². The van der Waals surface area contributed by atoms with Crippen LogP contribution in [0.25, 0.3) is 0 Å². The Morgan fingerprint density at radius 2 is 1.59 bits per heavy atom. The molecule has 0 unspecified atom stereocenters. The van der Waals surface area contributed by atoms with E-state index in [1.165, 1.54) is 28.6 Å². The molecule has 0 fully saturated rings. The van der Waals surface area contributed by atoms with Crippen LogP contribution in [0.4, 0.5) is 11.5 Å². The summed E-state index contributed by atoms with van der Waals surface area (Å²) in [6, 6.07) is 16.0. The first-order chi connectivity index (χ1) is 15.4. The summed E-state index contributed by atoms with van der Waals surface area (Å²) < 4.78 is 27.5. The van der Waals surface area contributed by atoms with E-state index < -0.39 is 21.6 Å². The zero-order chi connectivity index (χ0) is 22.5. The van der Waals surface area contributed by atoms with Gasteiger partial charge in [0, 0.05) is 29.6 Å². The number of nitrogens with zero attached hydrogens (tertiary/aromatic N) is 2. The van der Waals surface area contributed by atoms with Gasteiger partial charge in [-0.15, -0.1) is 0 Å². The van der Waals surface area contributed by atoms with Gasteiger partial charge in [0.15, 0.2) is 0 Å². The fourth-order valence-corrected chi connectivity index (χ4v) is 5.54. The molecule has 2 aliphatic rings. The zero-order valence-corrected chi connectivity index (χ0v) is 18.2. The smallest absolute Gasteiger partial charge is 0.265 e. The van der Waals surface area contributed by atoms with Gasteiger partial charge in [-0.25, -0.2) is 17.7 Å². The van der Waals surface area contributed by atoms with Gasteiger partial charge in [-0.3, -0.25) is 9.59 Å². The van der Waals surface area contributed by atoms with Crippen molar-refractivity contribution in [3.63, 3.8) is 0 Å². The molecule has 7 nitrogen and oxygen atoms in total. The summed E-state index contributed by atoms with van der Waals surface area (Å²) in [6.07, 6.45) is 2.17. The number of carbonyl (C=O) groups excluding carboxylic acids is 2. The van der Waals surface area contributed by atoms with Gasteiger partial charge in [-0.2, -0.15) is 0 Å². The van der Waals surface area contributed by atoms with E-state index in [4.69, 9.17) is 11.6 Å². The molecule has 9 heteroatoms. The number of hydrogen-bond donors (Lipinski definition) is 1. The molecule has 3 aromatic rings. The average molecular weight is 466 g/mol. The Morgan fingerprint density at radius 1 is 0.906 bits per heavy atom. The fourth-order valence-electron chi connectivity index (χ4n) is 3.85. The molecule has 0 atom stereocenters. The molecule has 160 valence electrons. The first-order valence-electron chi connectivity index (χ1n) is 9.80. The molecule has 2 heterocycles. The minimum Gasteiger partial charge on any atom is -0.351 e. The number of aromatic nitrogens is 1. The Kier molecular flexibility index (Phi) is 4.83. The van der Waals surface area contributed by atoms with Crippen molar-refractivity contribution in [1.29, 1.82) is 0 Å². The van der Waals surface area contributed by atoms with Gasteiger partial charge in [-0.1, -0.05) is 41.9 Å². The van der Waals surface area contributed by atoms with Gasteiger partial charge >= 0.3 is 0 Å². The second kappa shape index (κ2) is 7.58. The summed E-state index contributed by atoms with van der Waals surface area (Å²) in [6.45, 7) is 0.327. The Labute approximate surface area is 189 Å². The van der Waals surface area contributed by atoms with Crippen molar-refractivity contribution in [3.05, 3.63) is 94.3 Å². The number of benzene rings is 2. The third-order valence-corrected chi connectivity index (χ3v) is 7.63. The van der Waals surface area contributed by atoms with Crippen molar-refractivity contribution in [2.24, 2.45) is 0 Å². The number of Topliss-reactive ketones (excluding diaryl/α,β-unsaturated/α-hetero) is 2. The number of ketones is 2. The van der Waals surface area contributed by atoms with Gasteiger partial charge in [0.25, 0.3) is 10.0 Å². The second-order valence-electron chi connectivity index (χ2n) is 7.36. The van der Waals surface area contributed by atoms with E-state index in [1.54, 1.807) is 36.5 Å². The normalized spacial score (nSPS) is 15.6. The van der Waals surface area contributed by atoms with E-state index in [-0.39, 0.29) is 26.8 Å². The van der Waals surface area contributed by atoms with Gasteiger partial charge in [0.1, 0.15) is 16.5 Å². The van der Waals surface area contributed by atoms with Crippen molar-refractivity contribution < 1.29 is 18.0 Å². The molecule has 1 aliphatic heterocycles. The van der Waals surface area contributed by atoms with Crippen molar-refractivity contribution in [2.45, 2.75) is 11.3 Å². The van der Waals surface area contributed by atoms with E-state index >= 15 is 0 Å². The van der Waals surface area contributed by atoms with Gasteiger partial charge in [0.05, 0.1) is 4.90 Å². The van der Waals surface area contributed by atoms with E-state index in [0.717, 1.165) is 5.56 Å². The monoisotopic (exact) mass is 465 g/mol. The molecule has 1 aliphatic carbocycles. The van der Waals surface area contributed by atoms with Crippen molar-refractivity contribution >= 4 is 44.7 Å². The molecule has 32 heavy (non-hydrogen) atoms. The second-order valence-corrected chi connectivity index (χ2v) is 9.60. The summed E-state index contributed by atoms with van der Waals surface area (Å²) >= 11 is 6.18. The Morgan fingerprint density at radius 3 is 2.31 bits per heavy atom. The van der Waals surface area contributed by atoms with Crippen LogP contribution >= 0.6 is 11.6 Å². The maximum atomic E-state index is 13.1. The minimum atomic E-state index is -3.79. The van der Waals surface area contributed by atoms with Crippen LogP contribution in [-0.2, 0) is 16.4 Å². The first-order valence-corrected chi connectivity index (χ1v) is 11.6. The summed E-state index contributed by atoms with van der Waals surface area (Å²) in [5.74, 6) is -0.401. The summed E-state index contributed by atoms with van der Waals surface area (Å²) in [5, 5.41) is 2.67. The maximum absolute atomic E-state index is 13.1. The first kappa shape index (κ1) is 20.4. The molecular weight excluding hydrogens is 450 g/mol. The molecule has 0 spiro atoms. The van der Waals surface area contributed by atoms with Crippen LogP contribution < -0.4 is 9.62 Å². The lowest BCUT2D eigenvalue weighted by molar-refractivity contribution is 0.0982. The summed E-state index contributed by atoms with van der Waals surface area (Å²) in [5.41, 5.74) is 1.80. The lowest BCUT2D eigenvalue weighted by atomic mass is 9.92. The molecule has 5 rings (SSSR count). The van der Waals surface area contributed by atoms with Crippen LogP contribution in [0.3, 0.4) is 0 Å². The molecule has 0 bridgehead atoms. The average Bonchev–Trinajstić information content (AvgIpc) is 3.26. The minimum absolute atomic E-state index is 0.0383. The Hall–Kier alpha value is -3.49. The molecule has 0 amide bonds. The predicted molar refractivity (Wildman–Crippen MR) is 121 cm³/mol. The number of rotatable bonds is 4. The van der Waals surface area contributed by atoms with Gasteiger partial charge < -0.3 is 5.32 Å². The van der Waals surface area contributed by atoms with Gasteiger partial charge in [-0.05, 0) is 42.3 Å². The van der Waals surface area contributed by atoms with Crippen LogP contribution in [0.5, 0.6) is 0 Å². The van der Waals surface area contributed by atoms with Crippen molar-refractivity contribution in [3.8, 4) is 0 Å². The Bertz CT molecular complexity index is 1420. The molecule has 0 radical (unpaired) electrons. The fraction of sp³-hybridized carbons (Fsp3) is 0.0870. The topological polar surface area (TPSA) is 96.4 Å². The lowest BCUT2D eigenvalue weighted by Crippen LogP contribution is -2.29. The summed E-state index contributed by atoms with van der Waals surface area (Å²) in [7, 11) is -3.79. The molecule has 0 saturated carbocycles. The highest BCUT2D eigenvalue weighted by Crippen LogP contribution is 2.32. The highest BCUT2D eigenvalue weighted by molar-refractivity contribution is 7.92. The van der Waals surface area contributed by atoms with E-state index in [0.29, 0.717) is 24.5 Å². The number of halogens is 1. The molecule has 0 saturated heterocycles. The van der Waals surface area contributed by atoms with Crippen LogP contribution in [0.15, 0.2) is 82.5 Å². The number of anilines is 2. The predicted octanol–water partition coefficient (Wildman–Crippen LogP) is 3.77. The van der Waals surface area contributed by atoms with Crippen LogP contribution in [0.1, 0.15) is 26.3 Å². The highest BCUT2D eigenvalue weighted by atomic mass is 35.5. The molecule has 1 N–H and O–H groups in total. The van der Waals surface area contributed by atoms with Crippen LogP contribution in [0.2, 0.25) is 0 Å². The van der Waals surface area contributed by atoms with E-state index in [1.807, 2.05) is 6.07 Å². The van der Waals surface area contributed by atoms with E-state index in [2.05, 4.69) is 10.3 Å². The standard InChI is InChI=1S/C23H16ClN3O4S/c24-19-20(22(29)18-6-2-1-5-17(18)21(19)28)26-15-7-9-16(10-8-15)32(30,31)27-13-11-14-4-3-12-25-23(14)27/h1-10,12,26H,11,13H2. The number of carbonyl (C=O) groups is 2. The number of allylic oxidation sites excluding steroid dienone is 2. The zero-order valence-electron chi connectivity index (χ0n) is 16.6. The number of nitrogens with one attached hydrogen (secondary N) is 1. The Balaban J connectivity index is 1.42. The SMILES string of the molecule is O=C1C(Cl)=C(Nc2ccc(S(=O)(=O)N3CCc4cccnc43)cc2)C(=O)c2ccccc21. The highest BCUT2D eigenvalue weighted by Gasteiger charge is 2.33. The maximum Gasteiger partial charge on any atom is 0.265 e. The molecular formula is C23H16ClN3O4S. The number of fused-ring (bicyclic) bond motifs is 2. The van der Waals surface area contributed by atoms with Crippen LogP contribution in [0, 0.1) is 0 Å². The summed E-state index contributed by atoms with van der Waals surface area (Å²) in [4.78, 5) is 29.7. The number of sulfonamides is 1. The van der Waals surface area contributed by atoms with Crippen LogP contribution in [-0.4, -0.2) is 31.5 Å². The van der Waals surface area contributed by atoms with Crippen molar-refractivity contribution in [2.75, 3.05) is 16.2 Å². The third-order valence-electron chi connectivity index (χ3n) is 5.46. The van der Waals surface area contributed by atoms with Gasteiger partial charge in [0.2, 0.25) is 11.6 Å². The molecule has 2 aromatic carbocycles. The third kappa shape index (κ3) is 3.19. The molecule has 1 aromatic heterocycles. The number of pyridine rings is 1. The lowest BCUT2D eigenvalue weighted by Gasteiger charge is -2.20. The quantitative estimate of drug-likeness (QED) is 0.630.